The number of hydrogen-bond acceptors (Lipinski definition) is 3. The highest BCUT2D eigenvalue weighted by Gasteiger charge is 2.08. The molecule has 0 atom stereocenters. The molecule has 0 heterocycles. The Labute approximate surface area is 102 Å². The highest BCUT2D eigenvalue weighted by atomic mass is 16.5. The van der Waals surface area contributed by atoms with Crippen LogP contribution in [0.15, 0.2) is 24.3 Å². The van der Waals surface area contributed by atoms with Gasteiger partial charge in [0.25, 0.3) is 0 Å². The average molecular weight is 237 g/mol. The molecule has 0 aromatic heterocycles. The second kappa shape index (κ2) is 5.68. The summed E-state index contributed by atoms with van der Waals surface area (Å²) in [4.78, 5) is 10.4. The van der Waals surface area contributed by atoms with E-state index in [-0.39, 0.29) is 12.1 Å². The van der Waals surface area contributed by atoms with Gasteiger partial charge in [0.15, 0.2) is 6.61 Å². The Morgan fingerprint density at radius 2 is 2.12 bits per heavy atom. The number of hydrogen-bond donors (Lipinski definition) is 2. The molecular weight excluding hydrogens is 218 g/mol. The maximum Gasteiger partial charge on any atom is 0.341 e. The molecule has 1 aromatic carbocycles. The van der Waals surface area contributed by atoms with E-state index >= 15 is 0 Å². The van der Waals surface area contributed by atoms with E-state index in [1.807, 2.05) is 18.2 Å². The van der Waals surface area contributed by atoms with Crippen molar-refractivity contribution in [1.82, 2.24) is 5.32 Å². The molecule has 4 nitrogen and oxygen atoms in total. The lowest BCUT2D eigenvalue weighted by molar-refractivity contribution is -0.139. The third kappa shape index (κ3) is 5.92. The van der Waals surface area contributed by atoms with Crippen LogP contribution in [0.3, 0.4) is 0 Å². The normalized spacial score (nSPS) is 11.2. The number of carboxylic acid groups (broad SMARTS) is 1. The minimum atomic E-state index is -0.969. The number of nitrogens with one attached hydrogen (secondary N) is 1. The zero-order chi connectivity index (χ0) is 12.9. The maximum atomic E-state index is 10.4. The lowest BCUT2D eigenvalue weighted by Crippen LogP contribution is -2.35. The predicted octanol–water partition coefficient (Wildman–Crippen LogP) is 2.04. The fourth-order valence-corrected chi connectivity index (χ4v) is 1.26. The van der Waals surface area contributed by atoms with E-state index in [0.717, 1.165) is 12.1 Å². The Morgan fingerprint density at radius 3 is 2.71 bits per heavy atom. The molecular formula is C13H19NO3. The monoisotopic (exact) mass is 237 g/mol. The van der Waals surface area contributed by atoms with Crippen molar-refractivity contribution in [3.05, 3.63) is 29.8 Å². The highest BCUT2D eigenvalue weighted by Crippen LogP contribution is 2.14. The standard InChI is InChI=1S/C13H19NO3/c1-13(2,3)14-8-10-5-4-6-11(7-10)17-9-12(15)16/h4-7,14H,8-9H2,1-3H3,(H,15,16). The highest BCUT2D eigenvalue weighted by molar-refractivity contribution is 5.68. The molecule has 0 aliphatic rings. The van der Waals surface area contributed by atoms with Crippen molar-refractivity contribution < 1.29 is 14.6 Å². The molecule has 0 bridgehead atoms. The van der Waals surface area contributed by atoms with Crippen LogP contribution >= 0.6 is 0 Å². The number of aliphatic carboxylic acids is 1. The van der Waals surface area contributed by atoms with E-state index in [2.05, 4.69) is 26.1 Å². The summed E-state index contributed by atoms with van der Waals surface area (Å²) in [5.74, 6) is -0.385. The summed E-state index contributed by atoms with van der Waals surface area (Å²) in [6.07, 6.45) is 0. The van der Waals surface area contributed by atoms with Gasteiger partial charge >= 0.3 is 5.97 Å². The first kappa shape index (κ1) is 13.5. The molecule has 0 radical (unpaired) electrons. The minimum Gasteiger partial charge on any atom is -0.482 e. The smallest absolute Gasteiger partial charge is 0.341 e. The van der Waals surface area contributed by atoms with E-state index in [4.69, 9.17) is 9.84 Å². The number of carbonyl (C=O) groups is 1. The largest absolute Gasteiger partial charge is 0.482 e. The van der Waals surface area contributed by atoms with E-state index < -0.39 is 5.97 Å². The van der Waals surface area contributed by atoms with Crippen molar-refractivity contribution in [2.45, 2.75) is 32.9 Å². The topological polar surface area (TPSA) is 58.6 Å². The van der Waals surface area contributed by atoms with Crippen molar-refractivity contribution in [2.24, 2.45) is 0 Å². The van der Waals surface area contributed by atoms with E-state index in [1.165, 1.54) is 0 Å². The Morgan fingerprint density at radius 1 is 1.41 bits per heavy atom. The summed E-state index contributed by atoms with van der Waals surface area (Å²) in [7, 11) is 0. The summed E-state index contributed by atoms with van der Waals surface area (Å²) in [5.41, 5.74) is 1.13. The van der Waals surface area contributed by atoms with Crippen LogP contribution < -0.4 is 10.1 Å². The van der Waals surface area contributed by atoms with Gasteiger partial charge in [0, 0.05) is 12.1 Å². The summed E-state index contributed by atoms with van der Waals surface area (Å²) in [6, 6.07) is 7.44. The average Bonchev–Trinajstić information content (AvgIpc) is 2.23. The zero-order valence-corrected chi connectivity index (χ0v) is 10.5. The zero-order valence-electron chi connectivity index (χ0n) is 10.5. The van der Waals surface area contributed by atoms with E-state index in [1.54, 1.807) is 6.07 Å². The first-order valence-corrected chi connectivity index (χ1v) is 5.55. The summed E-state index contributed by atoms with van der Waals surface area (Å²) < 4.78 is 5.11. The van der Waals surface area contributed by atoms with Gasteiger partial charge in [0.1, 0.15) is 5.75 Å². The van der Waals surface area contributed by atoms with Gasteiger partial charge in [-0.3, -0.25) is 0 Å². The lowest BCUT2D eigenvalue weighted by Gasteiger charge is -2.20. The maximum absolute atomic E-state index is 10.4. The quantitative estimate of drug-likeness (QED) is 0.822. The van der Waals surface area contributed by atoms with Crippen LogP contribution in [0.1, 0.15) is 26.3 Å². The SMILES string of the molecule is CC(C)(C)NCc1cccc(OCC(=O)O)c1. The first-order valence-electron chi connectivity index (χ1n) is 5.55. The van der Waals surface area contributed by atoms with Crippen LogP contribution in [-0.4, -0.2) is 23.2 Å². The summed E-state index contributed by atoms with van der Waals surface area (Å²) >= 11 is 0. The third-order valence-corrected chi connectivity index (χ3v) is 2.08. The minimum absolute atomic E-state index is 0.0535. The van der Waals surface area contributed by atoms with Gasteiger partial charge in [-0.1, -0.05) is 12.1 Å². The van der Waals surface area contributed by atoms with Gasteiger partial charge in [0.2, 0.25) is 0 Å². The molecule has 0 aliphatic heterocycles. The van der Waals surface area contributed by atoms with Gasteiger partial charge in [-0.25, -0.2) is 4.79 Å². The van der Waals surface area contributed by atoms with E-state index in [0.29, 0.717) is 5.75 Å². The van der Waals surface area contributed by atoms with Gasteiger partial charge in [-0.15, -0.1) is 0 Å². The molecule has 0 saturated carbocycles. The molecule has 0 unspecified atom stereocenters. The van der Waals surface area contributed by atoms with Gasteiger partial charge in [0.05, 0.1) is 0 Å². The second-order valence-corrected chi connectivity index (χ2v) is 4.93. The Bertz CT molecular complexity index is 382. The molecule has 0 amide bonds. The Balaban J connectivity index is 2.56. The van der Waals surface area contributed by atoms with Crippen LogP contribution in [0.5, 0.6) is 5.75 Å². The van der Waals surface area contributed by atoms with Gasteiger partial charge in [-0.05, 0) is 38.5 Å². The van der Waals surface area contributed by atoms with Crippen molar-refractivity contribution in [2.75, 3.05) is 6.61 Å². The molecule has 4 heteroatoms. The number of benzene rings is 1. The number of ether oxygens (including phenoxy) is 1. The molecule has 94 valence electrons. The van der Waals surface area contributed by atoms with Gasteiger partial charge in [-0.2, -0.15) is 0 Å². The Kier molecular flexibility index (Phi) is 4.52. The van der Waals surface area contributed by atoms with Crippen molar-refractivity contribution in [3.8, 4) is 5.75 Å². The van der Waals surface area contributed by atoms with Crippen LogP contribution in [-0.2, 0) is 11.3 Å². The van der Waals surface area contributed by atoms with E-state index in [9.17, 15) is 4.79 Å². The van der Waals surface area contributed by atoms with Crippen LogP contribution in [0, 0.1) is 0 Å². The summed E-state index contributed by atoms with van der Waals surface area (Å²) in [5, 5.41) is 11.9. The van der Waals surface area contributed by atoms with Crippen LogP contribution in [0.2, 0.25) is 0 Å². The first-order chi connectivity index (χ1) is 7.87. The molecule has 1 rings (SSSR count). The fourth-order valence-electron chi connectivity index (χ4n) is 1.26. The van der Waals surface area contributed by atoms with Gasteiger partial charge < -0.3 is 15.2 Å². The molecule has 1 aromatic rings. The predicted molar refractivity (Wildman–Crippen MR) is 66.2 cm³/mol. The fraction of sp³-hybridized carbons (Fsp3) is 0.462. The molecule has 0 fully saturated rings. The van der Waals surface area contributed by atoms with Crippen molar-refractivity contribution in [1.29, 1.82) is 0 Å². The molecule has 2 N–H and O–H groups in total. The molecule has 0 aliphatic carbocycles. The second-order valence-electron chi connectivity index (χ2n) is 4.93. The van der Waals surface area contributed by atoms with Crippen molar-refractivity contribution in [3.63, 3.8) is 0 Å². The lowest BCUT2D eigenvalue weighted by atomic mass is 10.1. The third-order valence-electron chi connectivity index (χ3n) is 2.08. The molecule has 17 heavy (non-hydrogen) atoms. The van der Waals surface area contributed by atoms with Crippen LogP contribution in [0.25, 0.3) is 0 Å². The molecule has 0 spiro atoms. The summed E-state index contributed by atoms with van der Waals surface area (Å²) in [6.45, 7) is 6.71. The Hall–Kier alpha value is -1.55. The number of rotatable bonds is 5. The molecule has 0 saturated heterocycles. The number of carboxylic acids is 1. The van der Waals surface area contributed by atoms with Crippen LogP contribution in [0.4, 0.5) is 0 Å². The van der Waals surface area contributed by atoms with Crippen molar-refractivity contribution >= 4 is 5.97 Å².